The molecule has 3 fully saturated rings. The Bertz CT molecular complexity index is 688. The molecule has 0 aromatic rings. The van der Waals surface area contributed by atoms with Crippen LogP contribution in [-0.2, 0) is 8.85 Å². The van der Waals surface area contributed by atoms with E-state index in [0.717, 1.165) is 23.7 Å². The van der Waals surface area contributed by atoms with Gasteiger partial charge in [0.2, 0.25) is 8.32 Å². The molecule has 4 unspecified atom stereocenters. The number of rotatable bonds is 5. The van der Waals surface area contributed by atoms with Crippen LogP contribution in [0.5, 0.6) is 0 Å². The Kier molecular flexibility index (Phi) is 5.98. The van der Waals surface area contributed by atoms with Crippen molar-refractivity contribution in [1.29, 1.82) is 0 Å². The highest BCUT2D eigenvalue weighted by atomic mass is 28.4. The van der Waals surface area contributed by atoms with E-state index in [1.165, 1.54) is 70.0 Å². The molecule has 0 aliphatic heterocycles. The molecule has 172 valence electrons. The fraction of sp³-hybridized carbons (Fsp3) is 0.923. The third-order valence-electron chi connectivity index (χ3n) is 9.27. The highest BCUT2D eigenvalue weighted by Crippen LogP contribution is 2.67. The lowest BCUT2D eigenvalue weighted by Gasteiger charge is -2.58. The van der Waals surface area contributed by atoms with E-state index in [2.05, 4.69) is 53.1 Å². The molecule has 4 aliphatic rings. The van der Waals surface area contributed by atoms with Gasteiger partial charge < -0.3 is 8.85 Å². The van der Waals surface area contributed by atoms with E-state index < -0.39 is 16.6 Å². The Hall–Kier alpha value is -0.0662. The van der Waals surface area contributed by atoms with Crippen LogP contribution in [0.3, 0.4) is 0 Å². The summed E-state index contributed by atoms with van der Waals surface area (Å²) in [5, 5.41) is 0. The third-order valence-corrected chi connectivity index (χ3v) is 11.1. The largest absolute Gasteiger partial charge is 0.547 e. The summed E-state index contributed by atoms with van der Waals surface area (Å²) in [4.78, 5) is 0. The molecule has 0 saturated heterocycles. The van der Waals surface area contributed by atoms with Gasteiger partial charge in [0.25, 0.3) is 0 Å². The van der Waals surface area contributed by atoms with Gasteiger partial charge in [0.05, 0.1) is 11.4 Å². The van der Waals surface area contributed by atoms with Gasteiger partial charge in [0.15, 0.2) is 8.32 Å². The van der Waals surface area contributed by atoms with Crippen molar-refractivity contribution in [2.75, 3.05) is 0 Å². The van der Waals surface area contributed by atoms with Crippen molar-refractivity contribution in [1.82, 2.24) is 0 Å². The average Bonchev–Trinajstić information content (AvgIpc) is 2.92. The molecule has 0 N–H and O–H groups in total. The zero-order chi connectivity index (χ0) is 21.9. The van der Waals surface area contributed by atoms with Gasteiger partial charge in [-0.2, -0.15) is 0 Å². The summed E-state index contributed by atoms with van der Waals surface area (Å²) in [5.41, 5.74) is 2.28. The fourth-order valence-electron chi connectivity index (χ4n) is 8.36. The minimum atomic E-state index is -1.56. The van der Waals surface area contributed by atoms with E-state index in [9.17, 15) is 0 Å². The highest BCUT2D eigenvalue weighted by molar-refractivity contribution is 6.70. The predicted octanol–water partition coefficient (Wildman–Crippen LogP) is 8.13. The van der Waals surface area contributed by atoms with Crippen LogP contribution >= 0.6 is 0 Å². The highest BCUT2D eigenvalue weighted by Gasteiger charge is 2.63. The van der Waals surface area contributed by atoms with Gasteiger partial charge in [0.1, 0.15) is 0 Å². The molecule has 0 spiro atoms. The van der Waals surface area contributed by atoms with Gasteiger partial charge in [-0.05, 0) is 132 Å². The monoisotopic (exact) mass is 448 g/mol. The normalized spacial score (nSPS) is 41.9. The molecule has 0 bridgehead atoms. The molecule has 2 nitrogen and oxygen atoms in total. The van der Waals surface area contributed by atoms with E-state index in [0.29, 0.717) is 5.41 Å². The second kappa shape index (κ2) is 7.76. The molecule has 30 heavy (non-hydrogen) atoms. The Morgan fingerprint density at radius 1 is 0.867 bits per heavy atom. The molecule has 4 heteroatoms. The predicted molar refractivity (Wildman–Crippen MR) is 133 cm³/mol. The van der Waals surface area contributed by atoms with Crippen molar-refractivity contribution in [2.24, 2.45) is 29.1 Å². The van der Waals surface area contributed by atoms with Gasteiger partial charge in [0, 0.05) is 6.42 Å². The van der Waals surface area contributed by atoms with Crippen LogP contribution in [-0.4, -0.2) is 22.2 Å². The minimum Gasteiger partial charge on any atom is -0.547 e. The van der Waals surface area contributed by atoms with Gasteiger partial charge in [-0.15, -0.1) is 0 Å². The molecule has 0 aromatic heterocycles. The lowest BCUT2D eigenvalue weighted by molar-refractivity contribution is -0.109. The van der Waals surface area contributed by atoms with Gasteiger partial charge in [-0.25, -0.2) is 0 Å². The lowest BCUT2D eigenvalue weighted by atomic mass is 9.50. The van der Waals surface area contributed by atoms with Gasteiger partial charge in [-0.3, -0.25) is 0 Å². The van der Waals surface area contributed by atoms with E-state index in [4.69, 9.17) is 8.85 Å². The summed E-state index contributed by atoms with van der Waals surface area (Å²) < 4.78 is 13.7. The maximum Gasteiger partial charge on any atom is 0.241 e. The van der Waals surface area contributed by atoms with Crippen LogP contribution in [0, 0.1) is 29.1 Å². The summed E-state index contributed by atoms with van der Waals surface area (Å²) in [6, 6.07) is 0. The SMILES string of the molecule is CC[C@]1(O[Si](C)(C)C)CCC2C3CCC4=C(O[Si](C)(C)C)CCCC4C3CC[C@@]21C. The van der Waals surface area contributed by atoms with Crippen LogP contribution in [0.2, 0.25) is 39.3 Å². The molecule has 3 saturated carbocycles. The molecule has 0 amide bonds. The Balaban J connectivity index is 1.60. The molecule has 0 heterocycles. The fourth-order valence-corrected chi connectivity index (χ4v) is 11.0. The first-order chi connectivity index (χ1) is 13.9. The first-order valence-electron chi connectivity index (χ1n) is 13.0. The average molecular weight is 449 g/mol. The summed E-state index contributed by atoms with van der Waals surface area (Å²) in [6.07, 6.45) is 13.4. The van der Waals surface area contributed by atoms with E-state index in [-0.39, 0.29) is 5.60 Å². The summed E-state index contributed by atoms with van der Waals surface area (Å²) in [5.74, 6) is 4.96. The van der Waals surface area contributed by atoms with Gasteiger partial charge >= 0.3 is 0 Å². The van der Waals surface area contributed by atoms with Crippen molar-refractivity contribution in [3.05, 3.63) is 11.3 Å². The quantitative estimate of drug-likeness (QED) is 0.395. The van der Waals surface area contributed by atoms with Crippen molar-refractivity contribution in [3.8, 4) is 0 Å². The maximum atomic E-state index is 7.08. The first-order valence-corrected chi connectivity index (χ1v) is 19.8. The maximum absolute atomic E-state index is 7.08. The Morgan fingerprint density at radius 2 is 1.60 bits per heavy atom. The zero-order valence-corrected chi connectivity index (χ0v) is 23.2. The van der Waals surface area contributed by atoms with Crippen LogP contribution in [0.15, 0.2) is 11.3 Å². The van der Waals surface area contributed by atoms with Crippen LogP contribution in [0.25, 0.3) is 0 Å². The molecular weight excluding hydrogens is 400 g/mol. The Labute approximate surface area is 188 Å². The molecular formula is C26H48O2Si2. The smallest absolute Gasteiger partial charge is 0.241 e. The lowest BCUT2D eigenvalue weighted by Crippen LogP contribution is -2.56. The minimum absolute atomic E-state index is 0.141. The van der Waals surface area contributed by atoms with Crippen LogP contribution in [0.1, 0.15) is 78.1 Å². The standard InChI is InChI=1S/C26H48O2Si2/c1-9-26(28-30(6,7)8)18-16-23-21-13-14-22-19(20(21)15-17-25(23,26)2)11-10-12-24(22)27-29(3,4)5/h19-21,23H,9-18H2,1-8H3/t19?,20?,21?,23?,25-,26-/m0/s1. The summed E-state index contributed by atoms with van der Waals surface area (Å²) in [7, 11) is -3.08. The number of fused-ring (bicyclic) bond motifs is 5. The zero-order valence-electron chi connectivity index (χ0n) is 21.2. The molecule has 4 rings (SSSR count). The Morgan fingerprint density at radius 3 is 2.23 bits per heavy atom. The molecule has 0 radical (unpaired) electrons. The van der Waals surface area contributed by atoms with E-state index in [1.54, 1.807) is 5.57 Å². The third kappa shape index (κ3) is 3.92. The van der Waals surface area contributed by atoms with E-state index in [1.807, 2.05) is 0 Å². The van der Waals surface area contributed by atoms with Crippen LogP contribution in [0.4, 0.5) is 0 Å². The van der Waals surface area contributed by atoms with Gasteiger partial charge in [-0.1, -0.05) is 13.8 Å². The topological polar surface area (TPSA) is 18.5 Å². The second-order valence-corrected chi connectivity index (χ2v) is 22.0. The summed E-state index contributed by atoms with van der Waals surface area (Å²) >= 11 is 0. The van der Waals surface area contributed by atoms with Crippen molar-refractivity contribution < 1.29 is 8.85 Å². The van der Waals surface area contributed by atoms with Crippen molar-refractivity contribution >= 4 is 16.6 Å². The molecule has 6 atom stereocenters. The van der Waals surface area contributed by atoms with Crippen LogP contribution < -0.4 is 0 Å². The number of allylic oxidation sites excluding steroid dienone is 2. The summed E-state index contributed by atoms with van der Waals surface area (Å²) in [6.45, 7) is 19.3. The number of hydrogen-bond acceptors (Lipinski definition) is 2. The first kappa shape index (κ1) is 23.1. The van der Waals surface area contributed by atoms with Crippen molar-refractivity contribution in [2.45, 2.75) is 123 Å². The molecule has 4 aliphatic carbocycles. The second-order valence-electron chi connectivity index (χ2n) is 13.2. The van der Waals surface area contributed by atoms with Crippen molar-refractivity contribution in [3.63, 3.8) is 0 Å². The van der Waals surface area contributed by atoms with E-state index >= 15 is 0 Å². The number of hydrogen-bond donors (Lipinski definition) is 0. The molecule has 0 aromatic carbocycles.